The molecule has 1 unspecified atom stereocenters. The summed E-state index contributed by atoms with van der Waals surface area (Å²) in [5.41, 5.74) is 3.27. The first-order chi connectivity index (χ1) is 19.5. The second kappa shape index (κ2) is 14.7. The zero-order valence-electron chi connectivity index (χ0n) is 23.1. The molecule has 220 valence electrons. The highest BCUT2D eigenvalue weighted by molar-refractivity contribution is 7.85. The minimum Gasteiger partial charge on any atom is -0.353 e. The Labute approximate surface area is 240 Å². The lowest BCUT2D eigenvalue weighted by Crippen LogP contribution is -2.52. The third-order valence-electron chi connectivity index (χ3n) is 6.84. The summed E-state index contributed by atoms with van der Waals surface area (Å²) < 4.78 is 31.2. The number of rotatable bonds is 14. The van der Waals surface area contributed by atoms with Gasteiger partial charge >= 0.3 is 0 Å². The average Bonchev–Trinajstić information content (AvgIpc) is 2.93. The number of carbonyl (C=O) groups is 3. The molecule has 41 heavy (non-hydrogen) atoms. The van der Waals surface area contributed by atoms with Crippen LogP contribution in [0.1, 0.15) is 31.4 Å². The standard InChI is InChI=1S/C30H37N3O7S/c1-20(2)16-25(26(29(35)33-37)18-22-12-13-23-10-6-7-11-24(23)17-22)28(34)32-27(19-21-8-4-3-5-9-21)30(36)31-14-15-41(38,39)40/h3-13,17,20,25-27,37H,14-16,18-19H2,1-2H3,(H,31,36)(H,32,34)(H,33,35)(H,38,39,40)/t25-,26?,27+/m1/s1. The van der Waals surface area contributed by atoms with Gasteiger partial charge in [-0.25, -0.2) is 5.48 Å². The largest absolute Gasteiger partial charge is 0.353 e. The van der Waals surface area contributed by atoms with Gasteiger partial charge in [0.1, 0.15) is 6.04 Å². The van der Waals surface area contributed by atoms with Crippen LogP contribution in [0.25, 0.3) is 10.8 Å². The van der Waals surface area contributed by atoms with Gasteiger partial charge in [0.15, 0.2) is 0 Å². The fourth-order valence-electron chi connectivity index (χ4n) is 4.85. The minimum atomic E-state index is -4.29. The van der Waals surface area contributed by atoms with E-state index in [1.54, 1.807) is 29.7 Å². The Balaban J connectivity index is 1.88. The predicted octanol–water partition coefficient (Wildman–Crippen LogP) is 2.90. The number of benzene rings is 3. The highest BCUT2D eigenvalue weighted by Crippen LogP contribution is 2.27. The Kier molecular flexibility index (Phi) is 11.4. The van der Waals surface area contributed by atoms with Crippen molar-refractivity contribution in [3.63, 3.8) is 0 Å². The van der Waals surface area contributed by atoms with Gasteiger partial charge in [-0.15, -0.1) is 0 Å². The van der Waals surface area contributed by atoms with Crippen LogP contribution in [0.3, 0.4) is 0 Å². The summed E-state index contributed by atoms with van der Waals surface area (Å²) in [5, 5.41) is 16.8. The normalized spacial score (nSPS) is 13.8. The number of hydrogen-bond donors (Lipinski definition) is 5. The van der Waals surface area contributed by atoms with E-state index in [0.29, 0.717) is 6.42 Å². The minimum absolute atomic E-state index is 0.00695. The van der Waals surface area contributed by atoms with Crippen LogP contribution in [0.5, 0.6) is 0 Å². The Bertz CT molecular complexity index is 1440. The van der Waals surface area contributed by atoms with Crippen LogP contribution >= 0.6 is 0 Å². The van der Waals surface area contributed by atoms with Crippen molar-refractivity contribution in [3.8, 4) is 0 Å². The van der Waals surface area contributed by atoms with E-state index in [1.165, 1.54) is 0 Å². The van der Waals surface area contributed by atoms with Crippen molar-refractivity contribution in [3.05, 3.63) is 83.9 Å². The second-order valence-corrected chi connectivity index (χ2v) is 12.1. The molecule has 11 heteroatoms. The number of fused-ring (bicyclic) bond motifs is 1. The Morgan fingerprint density at radius 1 is 0.780 bits per heavy atom. The van der Waals surface area contributed by atoms with Crippen molar-refractivity contribution in [1.29, 1.82) is 0 Å². The summed E-state index contributed by atoms with van der Waals surface area (Å²) in [5.74, 6) is -4.39. The summed E-state index contributed by atoms with van der Waals surface area (Å²) in [4.78, 5) is 39.8. The van der Waals surface area contributed by atoms with Crippen LogP contribution in [0.15, 0.2) is 72.8 Å². The van der Waals surface area contributed by atoms with Crippen molar-refractivity contribution in [2.75, 3.05) is 12.3 Å². The van der Waals surface area contributed by atoms with Gasteiger partial charge in [-0.2, -0.15) is 8.42 Å². The van der Waals surface area contributed by atoms with Gasteiger partial charge in [-0.05, 0) is 40.7 Å². The molecule has 3 aromatic carbocycles. The van der Waals surface area contributed by atoms with Crippen LogP contribution in [0, 0.1) is 17.8 Å². The smallest absolute Gasteiger partial charge is 0.266 e. The van der Waals surface area contributed by atoms with E-state index in [4.69, 9.17) is 4.55 Å². The topological polar surface area (TPSA) is 162 Å². The fourth-order valence-corrected chi connectivity index (χ4v) is 5.21. The highest BCUT2D eigenvalue weighted by atomic mass is 32.2. The monoisotopic (exact) mass is 583 g/mol. The zero-order chi connectivity index (χ0) is 30.0. The SMILES string of the molecule is CC(C)C[C@@H](C(=O)N[C@@H](Cc1ccccc1)C(=O)NCCS(=O)(=O)O)C(Cc1ccc2ccccc2c1)C(=O)NO. The van der Waals surface area contributed by atoms with E-state index in [2.05, 4.69) is 10.6 Å². The number of nitrogens with one attached hydrogen (secondary N) is 3. The molecular weight excluding hydrogens is 546 g/mol. The molecule has 0 aliphatic rings. The molecule has 3 rings (SSSR count). The molecule has 3 atom stereocenters. The molecule has 0 spiro atoms. The van der Waals surface area contributed by atoms with E-state index < -0.39 is 51.5 Å². The molecule has 0 saturated carbocycles. The number of amides is 3. The molecule has 0 aliphatic carbocycles. The molecule has 0 fully saturated rings. The van der Waals surface area contributed by atoms with Crippen LogP contribution < -0.4 is 16.1 Å². The zero-order valence-corrected chi connectivity index (χ0v) is 23.9. The molecule has 0 bridgehead atoms. The molecule has 0 heterocycles. The first-order valence-electron chi connectivity index (χ1n) is 13.5. The second-order valence-electron chi connectivity index (χ2n) is 10.5. The van der Waals surface area contributed by atoms with E-state index in [1.807, 2.05) is 62.4 Å². The third kappa shape index (κ3) is 9.96. The van der Waals surface area contributed by atoms with Crippen LogP contribution in [-0.2, 0) is 37.3 Å². The Hall–Kier alpha value is -3.80. The lowest BCUT2D eigenvalue weighted by atomic mass is 9.80. The number of hydroxylamine groups is 1. The van der Waals surface area contributed by atoms with Crippen molar-refractivity contribution in [1.82, 2.24) is 16.1 Å². The van der Waals surface area contributed by atoms with Gasteiger partial charge in [-0.3, -0.25) is 24.1 Å². The Morgan fingerprint density at radius 3 is 2.07 bits per heavy atom. The summed E-state index contributed by atoms with van der Waals surface area (Å²) >= 11 is 0. The molecular formula is C30H37N3O7S. The first-order valence-corrected chi connectivity index (χ1v) is 15.1. The summed E-state index contributed by atoms with van der Waals surface area (Å²) in [6.07, 6.45) is 0.589. The van der Waals surface area contributed by atoms with Crippen molar-refractivity contribution in [2.45, 2.75) is 39.2 Å². The maximum atomic E-state index is 13.8. The quantitative estimate of drug-likeness (QED) is 0.111. The highest BCUT2D eigenvalue weighted by Gasteiger charge is 2.36. The van der Waals surface area contributed by atoms with E-state index in [0.717, 1.165) is 21.9 Å². The van der Waals surface area contributed by atoms with Crippen LogP contribution in [0.4, 0.5) is 0 Å². The van der Waals surface area contributed by atoms with Gasteiger partial charge < -0.3 is 10.6 Å². The van der Waals surface area contributed by atoms with E-state index in [9.17, 15) is 28.0 Å². The summed E-state index contributed by atoms with van der Waals surface area (Å²) in [6.45, 7) is 3.48. The van der Waals surface area contributed by atoms with Gasteiger partial charge in [-0.1, -0.05) is 86.6 Å². The van der Waals surface area contributed by atoms with Gasteiger partial charge in [0.2, 0.25) is 17.7 Å². The van der Waals surface area contributed by atoms with Crippen molar-refractivity contribution in [2.24, 2.45) is 17.8 Å². The lowest BCUT2D eigenvalue weighted by molar-refractivity contribution is -0.141. The summed E-state index contributed by atoms with van der Waals surface area (Å²) in [6, 6.07) is 21.4. The maximum absolute atomic E-state index is 13.8. The molecule has 0 aliphatic heterocycles. The third-order valence-corrected chi connectivity index (χ3v) is 7.56. The molecule has 0 saturated heterocycles. The predicted molar refractivity (Wildman–Crippen MR) is 156 cm³/mol. The van der Waals surface area contributed by atoms with Crippen LogP contribution in [0.2, 0.25) is 0 Å². The van der Waals surface area contributed by atoms with Gasteiger partial charge in [0.25, 0.3) is 10.1 Å². The molecule has 0 aromatic heterocycles. The summed E-state index contributed by atoms with van der Waals surface area (Å²) in [7, 11) is -4.29. The maximum Gasteiger partial charge on any atom is 0.266 e. The molecule has 3 amide bonds. The average molecular weight is 584 g/mol. The molecule has 0 radical (unpaired) electrons. The van der Waals surface area contributed by atoms with E-state index in [-0.39, 0.29) is 25.3 Å². The molecule has 5 N–H and O–H groups in total. The van der Waals surface area contributed by atoms with Gasteiger partial charge in [0, 0.05) is 13.0 Å². The lowest BCUT2D eigenvalue weighted by Gasteiger charge is -2.28. The van der Waals surface area contributed by atoms with Crippen molar-refractivity contribution < 1.29 is 32.6 Å². The molecule has 10 nitrogen and oxygen atoms in total. The number of carbonyl (C=O) groups excluding carboxylic acids is 3. The van der Waals surface area contributed by atoms with Gasteiger partial charge in [0.05, 0.1) is 17.6 Å². The van der Waals surface area contributed by atoms with Crippen LogP contribution in [-0.4, -0.2) is 54.2 Å². The fraction of sp³-hybridized carbons (Fsp3) is 0.367. The first kappa shape index (κ1) is 31.7. The van der Waals surface area contributed by atoms with Crippen molar-refractivity contribution >= 4 is 38.6 Å². The number of hydrogen-bond acceptors (Lipinski definition) is 6. The van der Waals surface area contributed by atoms with E-state index >= 15 is 0 Å². The molecule has 3 aromatic rings. The Morgan fingerprint density at radius 2 is 1.44 bits per heavy atom.